The van der Waals surface area contributed by atoms with Gasteiger partial charge in [0.05, 0.1) is 0 Å². The number of ether oxygens (including phenoxy) is 1. The molecule has 0 unspecified atom stereocenters. The third kappa shape index (κ3) is 2.47. The molecule has 1 aromatic rings. The summed E-state index contributed by atoms with van der Waals surface area (Å²) in [5.74, 6) is 0.683. The van der Waals surface area contributed by atoms with Crippen LogP contribution in [0.4, 0.5) is 0 Å². The van der Waals surface area contributed by atoms with Crippen molar-refractivity contribution in [2.24, 2.45) is 10.7 Å². The molecule has 2 N–H and O–H groups in total. The Morgan fingerprint density at radius 3 is 3.00 bits per heavy atom. The first-order valence-electron chi connectivity index (χ1n) is 7.42. The lowest BCUT2D eigenvalue weighted by Crippen LogP contribution is -2.51. The molecule has 112 valence electrons. The van der Waals surface area contributed by atoms with Gasteiger partial charge in [-0.25, -0.2) is 4.99 Å². The van der Waals surface area contributed by atoms with Gasteiger partial charge in [-0.3, -0.25) is 4.79 Å². The molecule has 0 aromatic heterocycles. The molecule has 1 fully saturated rings. The normalized spacial score (nSPS) is 28.0. The van der Waals surface area contributed by atoms with Crippen LogP contribution in [-0.2, 0) is 15.1 Å². The average Bonchev–Trinajstić information content (AvgIpc) is 2.46. The highest BCUT2D eigenvalue weighted by Crippen LogP contribution is 2.44. The van der Waals surface area contributed by atoms with Gasteiger partial charge >= 0.3 is 0 Å². The Morgan fingerprint density at radius 1 is 1.43 bits per heavy atom. The van der Waals surface area contributed by atoms with Gasteiger partial charge in [-0.1, -0.05) is 29.8 Å². The predicted octanol–water partition coefficient (Wildman–Crippen LogP) is 2.82. The molecule has 1 saturated carbocycles. The van der Waals surface area contributed by atoms with E-state index in [1.54, 1.807) is 0 Å². The molecule has 2 aliphatic rings. The molecule has 21 heavy (non-hydrogen) atoms. The second kappa shape index (κ2) is 5.78. The molecular formula is C16H19ClN2O2. The smallest absolute Gasteiger partial charge is 0.205 e. The van der Waals surface area contributed by atoms with Crippen LogP contribution in [0, 0.1) is 0 Å². The number of rotatable bonds is 4. The van der Waals surface area contributed by atoms with E-state index in [0.29, 0.717) is 30.3 Å². The van der Waals surface area contributed by atoms with Crippen molar-refractivity contribution in [2.45, 2.75) is 43.7 Å². The lowest BCUT2D eigenvalue weighted by molar-refractivity contribution is -0.137. The van der Waals surface area contributed by atoms with Crippen LogP contribution in [0.25, 0.3) is 0 Å². The fourth-order valence-corrected chi connectivity index (χ4v) is 3.48. The third-order valence-electron chi connectivity index (χ3n) is 4.21. The van der Waals surface area contributed by atoms with Gasteiger partial charge in [-0.05, 0) is 38.3 Å². The third-order valence-corrected chi connectivity index (χ3v) is 4.54. The summed E-state index contributed by atoms with van der Waals surface area (Å²) in [6.07, 6.45) is 3.45. The summed E-state index contributed by atoms with van der Waals surface area (Å²) in [5.41, 5.74) is 5.50. The molecule has 3 rings (SSSR count). The summed E-state index contributed by atoms with van der Waals surface area (Å²) < 4.78 is 5.76. The average molecular weight is 307 g/mol. The van der Waals surface area contributed by atoms with Gasteiger partial charge in [0.15, 0.2) is 17.5 Å². The van der Waals surface area contributed by atoms with E-state index in [1.165, 1.54) is 0 Å². The van der Waals surface area contributed by atoms with E-state index in [4.69, 9.17) is 22.1 Å². The molecule has 0 spiro atoms. The number of benzene rings is 1. The van der Waals surface area contributed by atoms with Crippen molar-refractivity contribution in [3.8, 4) is 0 Å². The van der Waals surface area contributed by atoms with Crippen LogP contribution in [0.15, 0.2) is 29.3 Å². The molecule has 0 saturated heterocycles. The Bertz CT molecular complexity index is 587. The number of aliphatic imine (C=N–C) groups is 1. The van der Waals surface area contributed by atoms with Gasteiger partial charge in [0.25, 0.3) is 0 Å². The highest BCUT2D eigenvalue weighted by Gasteiger charge is 2.51. The largest absolute Gasteiger partial charge is 0.470 e. The summed E-state index contributed by atoms with van der Waals surface area (Å²) in [6, 6.07) is 7.48. The minimum absolute atomic E-state index is 0.0401. The quantitative estimate of drug-likeness (QED) is 0.930. The molecule has 2 bridgehead atoms. The SMILES string of the molecule is NCCCC1=N[C@@]2(c3ccccc3Cl)CCC[C@@H](O1)C2=O. The maximum Gasteiger partial charge on any atom is 0.205 e. The molecule has 1 heterocycles. The maximum absolute atomic E-state index is 12.8. The number of carbonyl (C=O) groups excluding carboxylic acids is 1. The van der Waals surface area contributed by atoms with E-state index in [1.807, 2.05) is 24.3 Å². The molecule has 4 nitrogen and oxygen atoms in total. The summed E-state index contributed by atoms with van der Waals surface area (Å²) in [7, 11) is 0. The van der Waals surface area contributed by atoms with Crippen LogP contribution in [-0.4, -0.2) is 24.3 Å². The maximum atomic E-state index is 12.8. The zero-order valence-electron chi connectivity index (χ0n) is 11.8. The summed E-state index contributed by atoms with van der Waals surface area (Å²) in [5, 5.41) is 0.593. The van der Waals surface area contributed by atoms with Crippen molar-refractivity contribution in [1.82, 2.24) is 0 Å². The lowest BCUT2D eigenvalue weighted by atomic mass is 9.74. The number of Topliss-reactive ketones (excluding diaryl/α,β-unsaturated/α-hetero) is 1. The van der Waals surface area contributed by atoms with E-state index in [0.717, 1.165) is 24.8 Å². The van der Waals surface area contributed by atoms with Crippen molar-refractivity contribution in [1.29, 1.82) is 0 Å². The van der Waals surface area contributed by atoms with E-state index in [2.05, 4.69) is 4.99 Å². The van der Waals surface area contributed by atoms with E-state index < -0.39 is 5.54 Å². The van der Waals surface area contributed by atoms with Gasteiger partial charge in [0.2, 0.25) is 5.78 Å². The number of halogens is 1. The molecule has 0 amide bonds. The summed E-state index contributed by atoms with van der Waals surface area (Å²) in [4.78, 5) is 17.5. The fraction of sp³-hybridized carbons (Fsp3) is 0.500. The van der Waals surface area contributed by atoms with Gasteiger partial charge < -0.3 is 10.5 Å². The zero-order chi connectivity index (χ0) is 14.9. The highest BCUT2D eigenvalue weighted by molar-refractivity contribution is 6.32. The molecule has 1 aromatic carbocycles. The van der Waals surface area contributed by atoms with Gasteiger partial charge in [-0.2, -0.15) is 0 Å². The molecule has 1 aliphatic carbocycles. The number of hydrogen-bond acceptors (Lipinski definition) is 4. The van der Waals surface area contributed by atoms with E-state index in [9.17, 15) is 4.79 Å². The highest BCUT2D eigenvalue weighted by atomic mass is 35.5. The Hall–Kier alpha value is -1.39. The Labute approximate surface area is 129 Å². The van der Waals surface area contributed by atoms with Crippen molar-refractivity contribution >= 4 is 23.3 Å². The fourth-order valence-electron chi connectivity index (χ4n) is 3.18. The Kier molecular flexibility index (Phi) is 4.00. The first kappa shape index (κ1) is 14.5. The van der Waals surface area contributed by atoms with Crippen LogP contribution >= 0.6 is 11.6 Å². The first-order valence-corrected chi connectivity index (χ1v) is 7.80. The summed E-state index contributed by atoms with van der Waals surface area (Å²) in [6.45, 7) is 0.583. The number of carbonyl (C=O) groups is 1. The Morgan fingerprint density at radius 2 is 2.24 bits per heavy atom. The number of ketones is 1. The second-order valence-electron chi connectivity index (χ2n) is 5.60. The minimum Gasteiger partial charge on any atom is -0.470 e. The second-order valence-corrected chi connectivity index (χ2v) is 6.01. The van der Waals surface area contributed by atoms with E-state index >= 15 is 0 Å². The molecule has 1 aliphatic heterocycles. The zero-order valence-corrected chi connectivity index (χ0v) is 12.6. The standard InChI is InChI=1S/C16H19ClN2O2/c17-12-6-2-1-5-11(12)16-9-3-7-13(15(16)20)21-14(19-16)8-4-10-18/h1-2,5-6,13H,3-4,7-10,18H2/t13-,16-/m1/s1. The van der Waals surface area contributed by atoms with E-state index in [-0.39, 0.29) is 11.9 Å². The number of nitrogens with zero attached hydrogens (tertiary/aromatic N) is 1. The number of nitrogens with two attached hydrogens (primary N) is 1. The minimum atomic E-state index is -0.858. The van der Waals surface area contributed by atoms with Crippen LogP contribution in [0.1, 0.15) is 37.7 Å². The molecule has 0 radical (unpaired) electrons. The van der Waals surface area contributed by atoms with Crippen LogP contribution in [0.5, 0.6) is 0 Å². The van der Waals surface area contributed by atoms with Crippen molar-refractivity contribution in [2.75, 3.05) is 6.54 Å². The van der Waals surface area contributed by atoms with Gasteiger partial charge in [0.1, 0.15) is 0 Å². The van der Waals surface area contributed by atoms with Crippen LogP contribution < -0.4 is 5.73 Å². The molecule has 5 heteroatoms. The van der Waals surface area contributed by atoms with Crippen molar-refractivity contribution < 1.29 is 9.53 Å². The summed E-state index contributed by atoms with van der Waals surface area (Å²) >= 11 is 6.33. The first-order chi connectivity index (χ1) is 10.2. The molecule has 2 atom stereocenters. The van der Waals surface area contributed by atoms with Gasteiger partial charge in [0, 0.05) is 17.0 Å². The van der Waals surface area contributed by atoms with Crippen molar-refractivity contribution in [3.63, 3.8) is 0 Å². The van der Waals surface area contributed by atoms with Gasteiger partial charge in [-0.15, -0.1) is 0 Å². The molecular weight excluding hydrogens is 288 g/mol. The monoisotopic (exact) mass is 306 g/mol. The van der Waals surface area contributed by atoms with Crippen LogP contribution in [0.2, 0.25) is 5.02 Å². The predicted molar refractivity (Wildman–Crippen MR) is 82.6 cm³/mol. The number of fused-ring (bicyclic) bond motifs is 2. The topological polar surface area (TPSA) is 64.7 Å². The van der Waals surface area contributed by atoms with Crippen molar-refractivity contribution in [3.05, 3.63) is 34.9 Å². The number of hydrogen-bond donors (Lipinski definition) is 1. The Balaban J connectivity index is 2.07. The lowest BCUT2D eigenvalue weighted by Gasteiger charge is -2.41. The van der Waals surface area contributed by atoms with Crippen LogP contribution in [0.3, 0.4) is 0 Å².